The molecule has 0 fully saturated rings. The molecule has 104 valence electrons. The lowest BCUT2D eigenvalue weighted by atomic mass is 10.1. The minimum absolute atomic E-state index is 0.147. The highest BCUT2D eigenvalue weighted by Gasteiger charge is 2.10. The summed E-state index contributed by atoms with van der Waals surface area (Å²) in [5.41, 5.74) is 3.06. The Morgan fingerprint density at radius 2 is 1.95 bits per heavy atom. The monoisotopic (exact) mass is 296 g/mol. The zero-order valence-electron chi connectivity index (χ0n) is 11.4. The maximum absolute atomic E-state index is 12.3. The van der Waals surface area contributed by atoms with E-state index in [-0.39, 0.29) is 5.91 Å². The molecule has 21 heavy (non-hydrogen) atoms. The van der Waals surface area contributed by atoms with Crippen molar-refractivity contribution in [2.75, 3.05) is 5.32 Å². The molecule has 4 heteroatoms. The second kappa shape index (κ2) is 5.54. The molecule has 0 atom stereocenters. The lowest BCUT2D eigenvalue weighted by Crippen LogP contribution is -2.12. The highest BCUT2D eigenvalue weighted by Crippen LogP contribution is 2.27. The fourth-order valence-electron chi connectivity index (χ4n) is 2.23. The average molecular weight is 297 g/mol. The first-order chi connectivity index (χ1) is 10.1. The van der Waals surface area contributed by atoms with E-state index in [0.717, 1.165) is 10.9 Å². The van der Waals surface area contributed by atoms with Gasteiger partial charge in [-0.05, 0) is 31.2 Å². The molecule has 2 aromatic carbocycles. The van der Waals surface area contributed by atoms with Crippen molar-refractivity contribution in [1.82, 2.24) is 4.98 Å². The van der Waals surface area contributed by atoms with Gasteiger partial charge in [-0.15, -0.1) is 0 Å². The van der Waals surface area contributed by atoms with E-state index in [1.54, 1.807) is 24.4 Å². The summed E-state index contributed by atoms with van der Waals surface area (Å²) < 4.78 is 0. The van der Waals surface area contributed by atoms with Crippen molar-refractivity contribution in [3.05, 3.63) is 70.9 Å². The van der Waals surface area contributed by atoms with Crippen LogP contribution in [0.25, 0.3) is 10.9 Å². The van der Waals surface area contributed by atoms with Crippen LogP contribution in [-0.2, 0) is 0 Å². The highest BCUT2D eigenvalue weighted by molar-refractivity contribution is 6.35. The number of fused-ring (bicyclic) bond motifs is 1. The molecule has 1 N–H and O–H groups in total. The van der Waals surface area contributed by atoms with Gasteiger partial charge in [0.05, 0.1) is 16.2 Å². The van der Waals surface area contributed by atoms with Crippen LogP contribution in [0.3, 0.4) is 0 Å². The first-order valence-corrected chi connectivity index (χ1v) is 6.94. The SMILES string of the molecule is Cc1cccc(C(=O)Nc2ccnc3c(Cl)cccc23)c1. The fraction of sp³-hybridized carbons (Fsp3) is 0.0588. The molecule has 1 heterocycles. The average Bonchev–Trinajstić information content (AvgIpc) is 2.48. The number of hydrogen-bond acceptors (Lipinski definition) is 2. The zero-order chi connectivity index (χ0) is 14.8. The number of hydrogen-bond donors (Lipinski definition) is 1. The number of nitrogens with zero attached hydrogens (tertiary/aromatic N) is 1. The molecule has 0 saturated carbocycles. The normalized spacial score (nSPS) is 10.6. The lowest BCUT2D eigenvalue weighted by Gasteiger charge is -2.09. The first kappa shape index (κ1) is 13.6. The van der Waals surface area contributed by atoms with Gasteiger partial charge in [-0.2, -0.15) is 0 Å². The minimum Gasteiger partial charge on any atom is -0.321 e. The largest absolute Gasteiger partial charge is 0.321 e. The number of aryl methyl sites for hydroxylation is 1. The third-order valence-corrected chi connectivity index (χ3v) is 3.56. The number of carbonyl (C=O) groups excluding carboxylic acids is 1. The summed E-state index contributed by atoms with van der Waals surface area (Å²) in [4.78, 5) is 16.6. The number of halogens is 1. The van der Waals surface area contributed by atoms with E-state index >= 15 is 0 Å². The van der Waals surface area contributed by atoms with Gasteiger partial charge in [-0.1, -0.05) is 41.4 Å². The second-order valence-corrected chi connectivity index (χ2v) is 5.23. The zero-order valence-corrected chi connectivity index (χ0v) is 12.2. The quantitative estimate of drug-likeness (QED) is 0.759. The van der Waals surface area contributed by atoms with Crippen LogP contribution in [0, 0.1) is 6.92 Å². The minimum atomic E-state index is -0.147. The van der Waals surface area contributed by atoms with Crippen LogP contribution >= 0.6 is 11.6 Å². The highest BCUT2D eigenvalue weighted by atomic mass is 35.5. The standard InChI is InChI=1S/C17H13ClN2O/c1-11-4-2-5-12(10-11)17(21)20-15-8-9-19-16-13(15)6-3-7-14(16)18/h2-10H,1H3,(H,19,20,21). The molecule has 0 aliphatic carbocycles. The van der Waals surface area contributed by atoms with E-state index in [9.17, 15) is 4.79 Å². The first-order valence-electron chi connectivity index (χ1n) is 6.56. The van der Waals surface area contributed by atoms with Crippen LogP contribution in [0.5, 0.6) is 0 Å². The number of carbonyl (C=O) groups is 1. The molecule has 0 aliphatic rings. The Labute approximate surface area is 127 Å². The van der Waals surface area contributed by atoms with Crippen molar-refractivity contribution in [3.63, 3.8) is 0 Å². The van der Waals surface area contributed by atoms with Gasteiger partial charge in [-0.25, -0.2) is 0 Å². The molecule has 0 radical (unpaired) electrons. The van der Waals surface area contributed by atoms with E-state index < -0.39 is 0 Å². The Morgan fingerprint density at radius 1 is 1.14 bits per heavy atom. The molecule has 0 saturated heterocycles. The van der Waals surface area contributed by atoms with E-state index in [4.69, 9.17) is 11.6 Å². The third-order valence-electron chi connectivity index (χ3n) is 3.25. The van der Waals surface area contributed by atoms with Crippen LogP contribution in [0.15, 0.2) is 54.7 Å². The van der Waals surface area contributed by atoms with Gasteiger partial charge in [0.1, 0.15) is 0 Å². The van der Waals surface area contributed by atoms with Gasteiger partial charge in [0.25, 0.3) is 5.91 Å². The summed E-state index contributed by atoms with van der Waals surface area (Å²) in [7, 11) is 0. The topological polar surface area (TPSA) is 42.0 Å². The number of nitrogens with one attached hydrogen (secondary N) is 1. The van der Waals surface area contributed by atoms with Crippen LogP contribution in [-0.4, -0.2) is 10.9 Å². The Morgan fingerprint density at radius 3 is 2.76 bits per heavy atom. The van der Waals surface area contributed by atoms with Crippen molar-refractivity contribution in [3.8, 4) is 0 Å². The van der Waals surface area contributed by atoms with E-state index in [0.29, 0.717) is 21.8 Å². The van der Waals surface area contributed by atoms with Gasteiger partial charge in [0.15, 0.2) is 0 Å². The molecule has 3 nitrogen and oxygen atoms in total. The Kier molecular flexibility index (Phi) is 3.59. The number of amides is 1. The van der Waals surface area contributed by atoms with Gasteiger partial charge in [-0.3, -0.25) is 9.78 Å². The Bertz CT molecular complexity index is 830. The second-order valence-electron chi connectivity index (χ2n) is 4.82. The maximum atomic E-state index is 12.3. The van der Waals surface area contributed by atoms with E-state index in [2.05, 4.69) is 10.3 Å². The number of rotatable bonds is 2. The number of anilines is 1. The molecular formula is C17H13ClN2O. The van der Waals surface area contributed by atoms with Crippen molar-refractivity contribution in [2.45, 2.75) is 6.92 Å². The fourth-order valence-corrected chi connectivity index (χ4v) is 2.45. The van der Waals surface area contributed by atoms with Crippen molar-refractivity contribution in [1.29, 1.82) is 0 Å². The molecule has 0 aliphatic heterocycles. The summed E-state index contributed by atoms with van der Waals surface area (Å²) in [6, 6.07) is 14.7. The number of aromatic nitrogens is 1. The Hall–Kier alpha value is -2.39. The predicted octanol–water partition coefficient (Wildman–Crippen LogP) is 4.45. The summed E-state index contributed by atoms with van der Waals surface area (Å²) in [6.45, 7) is 1.96. The number of pyridine rings is 1. The van der Waals surface area contributed by atoms with Gasteiger partial charge < -0.3 is 5.32 Å². The number of para-hydroxylation sites is 1. The molecule has 3 rings (SSSR count). The van der Waals surface area contributed by atoms with Crippen molar-refractivity contribution < 1.29 is 4.79 Å². The van der Waals surface area contributed by atoms with Crippen LogP contribution in [0.4, 0.5) is 5.69 Å². The summed E-state index contributed by atoms with van der Waals surface area (Å²) in [5, 5.41) is 4.31. The van der Waals surface area contributed by atoms with Gasteiger partial charge in [0.2, 0.25) is 0 Å². The Balaban J connectivity index is 1.99. The summed E-state index contributed by atoms with van der Waals surface area (Å²) in [6.07, 6.45) is 1.64. The maximum Gasteiger partial charge on any atom is 0.255 e. The van der Waals surface area contributed by atoms with E-state index in [1.165, 1.54) is 0 Å². The van der Waals surface area contributed by atoms with Crippen LogP contribution in [0.2, 0.25) is 5.02 Å². The van der Waals surface area contributed by atoms with Gasteiger partial charge >= 0.3 is 0 Å². The third kappa shape index (κ3) is 2.73. The van der Waals surface area contributed by atoms with Crippen LogP contribution in [0.1, 0.15) is 15.9 Å². The molecule has 0 bridgehead atoms. The molecule has 1 aromatic heterocycles. The van der Waals surface area contributed by atoms with Crippen molar-refractivity contribution in [2.24, 2.45) is 0 Å². The molecule has 3 aromatic rings. The number of benzene rings is 2. The summed E-state index contributed by atoms with van der Waals surface area (Å²) >= 11 is 6.13. The van der Waals surface area contributed by atoms with Crippen LogP contribution < -0.4 is 5.32 Å². The molecule has 0 spiro atoms. The van der Waals surface area contributed by atoms with Crippen molar-refractivity contribution >= 4 is 34.1 Å². The molecular weight excluding hydrogens is 284 g/mol. The van der Waals surface area contributed by atoms with Gasteiger partial charge in [0, 0.05) is 17.1 Å². The molecule has 0 unspecified atom stereocenters. The van der Waals surface area contributed by atoms with E-state index in [1.807, 2.05) is 37.3 Å². The summed E-state index contributed by atoms with van der Waals surface area (Å²) in [5.74, 6) is -0.147. The molecule has 1 amide bonds. The smallest absolute Gasteiger partial charge is 0.255 e. The predicted molar refractivity (Wildman–Crippen MR) is 85.9 cm³/mol. The lowest BCUT2D eigenvalue weighted by molar-refractivity contribution is 0.102.